The normalized spacial score (nSPS) is 10.6. The van der Waals surface area contributed by atoms with Crippen LogP contribution in [0.2, 0.25) is 0 Å². The number of rotatable bonds is 3. The van der Waals surface area contributed by atoms with E-state index in [0.717, 1.165) is 22.3 Å². The van der Waals surface area contributed by atoms with Gasteiger partial charge in [0.15, 0.2) is 0 Å². The van der Waals surface area contributed by atoms with Crippen LogP contribution in [0.4, 0.5) is 0 Å². The molecule has 2 N–H and O–H groups in total. The molecule has 2 heteroatoms. The van der Waals surface area contributed by atoms with Crippen LogP contribution in [0.15, 0.2) is 97.1 Å². The van der Waals surface area contributed by atoms with Gasteiger partial charge in [-0.15, -0.1) is 0 Å². The van der Waals surface area contributed by atoms with Crippen molar-refractivity contribution in [2.75, 3.05) is 0 Å². The maximum absolute atomic E-state index is 11.2. The molecular formula is C24H18O2. The molecule has 0 aliphatic heterocycles. The molecule has 0 saturated heterocycles. The van der Waals surface area contributed by atoms with E-state index in [0.29, 0.717) is 11.1 Å². The summed E-state index contributed by atoms with van der Waals surface area (Å²) >= 11 is 0. The first kappa shape index (κ1) is 16.0. The molecule has 0 unspecified atom stereocenters. The topological polar surface area (TPSA) is 40.5 Å². The second-order valence-electron chi connectivity index (χ2n) is 6.14. The number of hydrogen-bond donors (Lipinski definition) is 2. The van der Waals surface area contributed by atoms with Crippen molar-refractivity contribution < 1.29 is 10.2 Å². The van der Waals surface area contributed by atoms with Gasteiger partial charge < -0.3 is 10.2 Å². The molecule has 0 amide bonds. The van der Waals surface area contributed by atoms with Crippen LogP contribution in [0.3, 0.4) is 0 Å². The van der Waals surface area contributed by atoms with Gasteiger partial charge in [-0.25, -0.2) is 0 Å². The van der Waals surface area contributed by atoms with Gasteiger partial charge in [0.1, 0.15) is 11.5 Å². The summed E-state index contributed by atoms with van der Waals surface area (Å²) in [6.45, 7) is 0. The summed E-state index contributed by atoms with van der Waals surface area (Å²) in [7, 11) is 0. The molecule has 0 aromatic heterocycles. The Labute approximate surface area is 152 Å². The number of benzene rings is 4. The minimum Gasteiger partial charge on any atom is -0.507 e. The molecule has 126 valence electrons. The number of phenolic OH excluding ortho intramolecular Hbond substituents is 2. The molecule has 0 aliphatic rings. The summed E-state index contributed by atoms with van der Waals surface area (Å²) in [5, 5.41) is 21.9. The van der Waals surface area contributed by atoms with Crippen molar-refractivity contribution in [3.8, 4) is 44.9 Å². The lowest BCUT2D eigenvalue weighted by Gasteiger charge is -2.17. The maximum atomic E-state index is 11.2. The molecule has 4 aromatic rings. The average molecular weight is 338 g/mol. The van der Waals surface area contributed by atoms with Gasteiger partial charge in [0.2, 0.25) is 0 Å². The summed E-state index contributed by atoms with van der Waals surface area (Å²) < 4.78 is 0. The molecule has 0 atom stereocenters. The Morgan fingerprint density at radius 3 is 1.38 bits per heavy atom. The fourth-order valence-electron chi connectivity index (χ4n) is 3.29. The van der Waals surface area contributed by atoms with Crippen LogP contribution in [0.1, 0.15) is 0 Å². The smallest absolute Gasteiger partial charge is 0.135 e. The lowest BCUT2D eigenvalue weighted by molar-refractivity contribution is 0.456. The van der Waals surface area contributed by atoms with Gasteiger partial charge in [-0.1, -0.05) is 91.0 Å². The fourth-order valence-corrected chi connectivity index (χ4v) is 3.29. The lowest BCUT2D eigenvalue weighted by atomic mass is 9.89. The van der Waals surface area contributed by atoms with Gasteiger partial charge in [-0.3, -0.25) is 0 Å². The van der Waals surface area contributed by atoms with Crippen LogP contribution in [0.25, 0.3) is 33.4 Å². The van der Waals surface area contributed by atoms with Crippen molar-refractivity contribution in [2.24, 2.45) is 0 Å². The summed E-state index contributed by atoms with van der Waals surface area (Å²) in [4.78, 5) is 0. The zero-order valence-corrected chi connectivity index (χ0v) is 14.1. The van der Waals surface area contributed by atoms with Gasteiger partial charge in [0.25, 0.3) is 0 Å². The highest BCUT2D eigenvalue weighted by molar-refractivity contribution is 5.95. The van der Waals surface area contributed by atoms with E-state index in [9.17, 15) is 10.2 Å². The first-order chi connectivity index (χ1) is 12.8. The first-order valence-electron chi connectivity index (χ1n) is 8.51. The van der Waals surface area contributed by atoms with Crippen molar-refractivity contribution in [1.82, 2.24) is 0 Å². The van der Waals surface area contributed by atoms with E-state index in [1.807, 2.05) is 91.0 Å². The Hall–Kier alpha value is -3.52. The summed E-state index contributed by atoms with van der Waals surface area (Å²) in [6, 6.07) is 30.7. The molecule has 4 rings (SSSR count). The van der Waals surface area contributed by atoms with E-state index in [4.69, 9.17) is 0 Å². The van der Waals surface area contributed by atoms with Crippen LogP contribution >= 0.6 is 0 Å². The second-order valence-corrected chi connectivity index (χ2v) is 6.14. The molecule has 0 fully saturated rings. The van der Waals surface area contributed by atoms with Crippen molar-refractivity contribution >= 4 is 0 Å². The quantitative estimate of drug-likeness (QED) is 0.474. The third kappa shape index (κ3) is 2.82. The van der Waals surface area contributed by atoms with E-state index in [-0.39, 0.29) is 11.5 Å². The Balaban J connectivity index is 2.05. The van der Waals surface area contributed by atoms with Crippen LogP contribution in [0, 0.1) is 0 Å². The van der Waals surface area contributed by atoms with Crippen LogP contribution in [-0.2, 0) is 0 Å². The molecule has 4 aromatic carbocycles. The molecule has 0 heterocycles. The molecule has 0 bridgehead atoms. The molecule has 26 heavy (non-hydrogen) atoms. The molecular weight excluding hydrogens is 320 g/mol. The Bertz CT molecular complexity index is 1020. The first-order valence-corrected chi connectivity index (χ1v) is 8.51. The number of phenols is 2. The highest BCUT2D eigenvalue weighted by Gasteiger charge is 2.20. The molecule has 0 spiro atoms. The SMILES string of the molecule is Oc1cc(-c2ccccc2)c(-c2ccccc2)c(O)c1-c1ccccc1. The van der Waals surface area contributed by atoms with E-state index in [1.54, 1.807) is 6.07 Å². The van der Waals surface area contributed by atoms with Gasteiger partial charge in [0.05, 0.1) is 5.56 Å². The Morgan fingerprint density at radius 1 is 0.462 bits per heavy atom. The Kier molecular flexibility index (Phi) is 4.16. The molecule has 0 radical (unpaired) electrons. The van der Waals surface area contributed by atoms with E-state index in [1.165, 1.54) is 0 Å². The van der Waals surface area contributed by atoms with Crippen molar-refractivity contribution in [3.05, 3.63) is 97.1 Å². The zero-order chi connectivity index (χ0) is 17.9. The van der Waals surface area contributed by atoms with Crippen molar-refractivity contribution in [2.45, 2.75) is 0 Å². The largest absolute Gasteiger partial charge is 0.507 e. The maximum Gasteiger partial charge on any atom is 0.135 e. The van der Waals surface area contributed by atoms with Crippen molar-refractivity contribution in [1.29, 1.82) is 0 Å². The molecule has 2 nitrogen and oxygen atoms in total. The van der Waals surface area contributed by atoms with E-state index < -0.39 is 0 Å². The number of aromatic hydroxyl groups is 2. The zero-order valence-electron chi connectivity index (χ0n) is 14.1. The van der Waals surface area contributed by atoms with Gasteiger partial charge in [-0.05, 0) is 28.3 Å². The monoisotopic (exact) mass is 338 g/mol. The third-order valence-corrected chi connectivity index (χ3v) is 4.49. The van der Waals surface area contributed by atoms with Gasteiger partial charge in [-0.2, -0.15) is 0 Å². The summed E-state index contributed by atoms with van der Waals surface area (Å²) in [5.74, 6) is 0.147. The van der Waals surface area contributed by atoms with E-state index in [2.05, 4.69) is 0 Å². The standard InChI is InChI=1S/C24H18O2/c25-21-16-20(17-10-4-1-5-11-17)22(18-12-6-2-7-13-18)24(26)23(21)19-14-8-3-9-15-19/h1-16,25-26H. The number of hydrogen-bond acceptors (Lipinski definition) is 2. The van der Waals surface area contributed by atoms with Crippen molar-refractivity contribution in [3.63, 3.8) is 0 Å². The van der Waals surface area contributed by atoms with Crippen LogP contribution in [0.5, 0.6) is 11.5 Å². The minimum absolute atomic E-state index is 0.0623. The van der Waals surface area contributed by atoms with Gasteiger partial charge >= 0.3 is 0 Å². The second kappa shape index (κ2) is 6.77. The highest BCUT2D eigenvalue weighted by atomic mass is 16.3. The third-order valence-electron chi connectivity index (χ3n) is 4.49. The molecule has 0 aliphatic carbocycles. The Morgan fingerprint density at radius 2 is 0.885 bits per heavy atom. The molecule has 0 saturated carbocycles. The lowest BCUT2D eigenvalue weighted by Crippen LogP contribution is -1.90. The highest BCUT2D eigenvalue weighted by Crippen LogP contribution is 2.48. The minimum atomic E-state index is 0.0623. The van der Waals surface area contributed by atoms with Gasteiger partial charge in [0, 0.05) is 5.56 Å². The predicted molar refractivity (Wildman–Crippen MR) is 106 cm³/mol. The summed E-state index contributed by atoms with van der Waals surface area (Å²) in [6.07, 6.45) is 0. The van der Waals surface area contributed by atoms with Crippen LogP contribution < -0.4 is 0 Å². The predicted octanol–water partition coefficient (Wildman–Crippen LogP) is 6.10. The average Bonchev–Trinajstić information content (AvgIpc) is 2.70. The summed E-state index contributed by atoms with van der Waals surface area (Å²) in [5.41, 5.74) is 4.58. The van der Waals surface area contributed by atoms with Crippen LogP contribution in [-0.4, -0.2) is 10.2 Å². The van der Waals surface area contributed by atoms with E-state index >= 15 is 0 Å². The fraction of sp³-hybridized carbons (Fsp3) is 0.